The topological polar surface area (TPSA) is 46.5 Å². The van der Waals surface area contributed by atoms with Crippen LogP contribution in [0.25, 0.3) is 0 Å². The Morgan fingerprint density at radius 3 is 2.21 bits per heavy atom. The molecule has 14 heavy (non-hydrogen) atoms. The van der Waals surface area contributed by atoms with Gasteiger partial charge in [0.15, 0.2) is 0 Å². The maximum absolute atomic E-state index is 11.1. The molecule has 0 saturated carbocycles. The van der Waals surface area contributed by atoms with Crippen LogP contribution in [-0.4, -0.2) is 48.5 Å². The van der Waals surface area contributed by atoms with Crippen LogP contribution in [0.3, 0.4) is 0 Å². The maximum atomic E-state index is 11.1. The minimum atomic E-state index is -0.967. The van der Waals surface area contributed by atoms with E-state index in [1.807, 2.05) is 21.1 Å². The molecule has 0 aromatic heterocycles. The molecule has 0 aliphatic carbocycles. The van der Waals surface area contributed by atoms with Gasteiger partial charge in [-0.15, -0.1) is 0 Å². The predicted molar refractivity (Wildman–Crippen MR) is 54.4 cm³/mol. The van der Waals surface area contributed by atoms with E-state index in [-0.39, 0.29) is 0 Å². The minimum Gasteiger partial charge on any atom is -0.404 e. The van der Waals surface area contributed by atoms with E-state index >= 15 is 0 Å². The van der Waals surface area contributed by atoms with Crippen LogP contribution >= 0.6 is 0 Å². The molecule has 2 unspecified atom stereocenters. The second-order valence-electron chi connectivity index (χ2n) is 4.37. The van der Waals surface area contributed by atoms with Crippen LogP contribution in [0, 0.1) is 0 Å². The number of quaternary nitrogens is 1. The highest BCUT2D eigenvalue weighted by molar-refractivity contribution is 5.81. The summed E-state index contributed by atoms with van der Waals surface area (Å²) >= 11 is 0. The van der Waals surface area contributed by atoms with Crippen LogP contribution in [-0.2, 0) is 9.53 Å². The Balaban J connectivity index is 4.92. The summed E-state index contributed by atoms with van der Waals surface area (Å²) in [7, 11) is 5.55. The van der Waals surface area contributed by atoms with E-state index in [0.29, 0.717) is 4.48 Å². The van der Waals surface area contributed by atoms with Gasteiger partial charge in [0, 0.05) is 13.0 Å². The van der Waals surface area contributed by atoms with Gasteiger partial charge >= 0.3 is 5.97 Å². The van der Waals surface area contributed by atoms with Crippen molar-refractivity contribution in [3.63, 3.8) is 0 Å². The summed E-state index contributed by atoms with van der Waals surface area (Å²) in [5.41, 5.74) is -0.967. The zero-order valence-corrected chi connectivity index (χ0v) is 9.57. The first-order chi connectivity index (χ1) is 6.15. The van der Waals surface area contributed by atoms with Gasteiger partial charge in [-0.05, 0) is 6.92 Å². The fourth-order valence-corrected chi connectivity index (χ4v) is 1.03. The number of ether oxygens (including phenoxy) is 1. The predicted octanol–water partition coefficient (Wildman–Crippen LogP) is 0.519. The normalized spacial score (nSPS) is 18.1. The number of aliphatic hydroxyl groups is 1. The highest BCUT2D eigenvalue weighted by atomic mass is 16.6. The molecule has 0 fully saturated rings. The van der Waals surface area contributed by atoms with Gasteiger partial charge < -0.3 is 9.84 Å². The molecule has 0 aliphatic heterocycles. The molecule has 0 aromatic carbocycles. The number of likely N-dealkylation sites (N-methyl/N-ethyl adjacent to an activating group) is 1. The largest absolute Gasteiger partial charge is 0.404 e. The Labute approximate surface area is 85.4 Å². The zero-order valence-electron chi connectivity index (χ0n) is 9.57. The summed E-state index contributed by atoms with van der Waals surface area (Å²) in [6, 6.07) is 0. The van der Waals surface area contributed by atoms with Gasteiger partial charge in [0.05, 0.1) is 21.1 Å². The van der Waals surface area contributed by atoms with Crippen molar-refractivity contribution >= 4 is 5.97 Å². The molecular formula is C10H20NO3+. The van der Waals surface area contributed by atoms with Crippen molar-refractivity contribution in [2.75, 3.05) is 21.1 Å². The smallest absolute Gasteiger partial charge is 0.334 e. The molecular weight excluding hydrogens is 182 g/mol. The van der Waals surface area contributed by atoms with Crippen molar-refractivity contribution in [1.29, 1.82) is 0 Å². The lowest BCUT2D eigenvalue weighted by Crippen LogP contribution is -2.63. The van der Waals surface area contributed by atoms with E-state index in [0.717, 1.165) is 6.08 Å². The molecule has 2 atom stereocenters. The van der Waals surface area contributed by atoms with Gasteiger partial charge in [-0.3, -0.25) is 4.48 Å². The van der Waals surface area contributed by atoms with Crippen LogP contribution in [0.5, 0.6) is 0 Å². The average Bonchev–Trinajstić information content (AvgIpc) is 2.01. The molecule has 0 radical (unpaired) electrons. The SMILES string of the molecule is C=CC(=O)OC(C)(C(C)O)[N+](C)(C)C. The monoisotopic (exact) mass is 202 g/mol. The Morgan fingerprint density at radius 1 is 1.57 bits per heavy atom. The molecule has 0 heterocycles. The molecule has 4 heteroatoms. The van der Waals surface area contributed by atoms with Crippen LogP contribution < -0.4 is 0 Å². The number of aliphatic hydroxyl groups excluding tert-OH is 1. The van der Waals surface area contributed by atoms with Crippen LogP contribution in [0.1, 0.15) is 13.8 Å². The highest BCUT2D eigenvalue weighted by Gasteiger charge is 2.46. The molecule has 0 aromatic rings. The number of esters is 1. The van der Waals surface area contributed by atoms with E-state index in [1.54, 1.807) is 13.8 Å². The average molecular weight is 202 g/mol. The van der Waals surface area contributed by atoms with Gasteiger partial charge in [0.25, 0.3) is 5.72 Å². The molecule has 0 spiro atoms. The molecule has 1 N–H and O–H groups in total. The molecule has 0 rings (SSSR count). The number of nitrogens with zero attached hydrogens (tertiary/aromatic N) is 1. The quantitative estimate of drug-likeness (QED) is 0.313. The van der Waals surface area contributed by atoms with E-state index in [9.17, 15) is 9.90 Å². The van der Waals surface area contributed by atoms with Crippen LogP contribution in [0.15, 0.2) is 12.7 Å². The number of rotatable bonds is 4. The summed E-state index contributed by atoms with van der Waals surface area (Å²) in [6.07, 6.45) is 0.336. The molecule has 82 valence electrons. The molecule has 0 amide bonds. The van der Waals surface area contributed by atoms with Crippen molar-refractivity contribution in [2.45, 2.75) is 25.7 Å². The molecule has 0 aliphatic rings. The fourth-order valence-electron chi connectivity index (χ4n) is 1.03. The Kier molecular flexibility index (Phi) is 3.85. The van der Waals surface area contributed by atoms with E-state index in [4.69, 9.17) is 4.74 Å². The Hall–Kier alpha value is -0.870. The van der Waals surface area contributed by atoms with Crippen molar-refractivity contribution in [3.05, 3.63) is 12.7 Å². The number of hydrogen-bond acceptors (Lipinski definition) is 3. The number of carbonyl (C=O) groups is 1. The summed E-state index contributed by atoms with van der Waals surface area (Å²) in [6.45, 7) is 6.61. The van der Waals surface area contributed by atoms with Crippen molar-refractivity contribution in [3.8, 4) is 0 Å². The standard InChI is InChI=1S/C10H20NO3/c1-7-9(13)14-10(3,8(2)12)11(4,5)6/h7-8,12H,1H2,2-6H3/q+1. The Morgan fingerprint density at radius 2 is 2.00 bits per heavy atom. The van der Waals surface area contributed by atoms with E-state index < -0.39 is 17.8 Å². The summed E-state index contributed by atoms with van der Waals surface area (Å²) in [5.74, 6) is -0.526. The van der Waals surface area contributed by atoms with Crippen molar-refractivity contribution < 1.29 is 19.1 Å². The van der Waals surface area contributed by atoms with Crippen molar-refractivity contribution in [1.82, 2.24) is 0 Å². The Bertz CT molecular complexity index is 230. The summed E-state index contributed by atoms with van der Waals surface area (Å²) in [4.78, 5) is 11.1. The van der Waals surface area contributed by atoms with Gasteiger partial charge in [0.2, 0.25) is 0 Å². The lowest BCUT2D eigenvalue weighted by molar-refractivity contribution is -0.949. The van der Waals surface area contributed by atoms with Crippen LogP contribution in [0.4, 0.5) is 0 Å². The van der Waals surface area contributed by atoms with E-state index in [2.05, 4.69) is 6.58 Å². The second-order valence-corrected chi connectivity index (χ2v) is 4.37. The lowest BCUT2D eigenvalue weighted by atomic mass is 10.1. The highest BCUT2D eigenvalue weighted by Crippen LogP contribution is 2.24. The van der Waals surface area contributed by atoms with Gasteiger partial charge in [0.1, 0.15) is 6.10 Å². The lowest BCUT2D eigenvalue weighted by Gasteiger charge is -2.43. The third kappa shape index (κ3) is 2.56. The van der Waals surface area contributed by atoms with E-state index in [1.165, 1.54) is 0 Å². The van der Waals surface area contributed by atoms with Crippen molar-refractivity contribution in [2.24, 2.45) is 0 Å². The summed E-state index contributed by atoms with van der Waals surface area (Å²) < 4.78 is 5.50. The van der Waals surface area contributed by atoms with Gasteiger partial charge in [-0.25, -0.2) is 4.79 Å². The first-order valence-corrected chi connectivity index (χ1v) is 4.50. The van der Waals surface area contributed by atoms with Crippen LogP contribution in [0.2, 0.25) is 0 Å². The second kappa shape index (κ2) is 4.11. The molecule has 4 nitrogen and oxygen atoms in total. The molecule has 0 saturated heterocycles. The zero-order chi connectivity index (χ0) is 11.6. The first-order valence-electron chi connectivity index (χ1n) is 4.50. The maximum Gasteiger partial charge on any atom is 0.334 e. The molecule has 0 bridgehead atoms. The number of carbonyl (C=O) groups excluding carboxylic acids is 1. The third-order valence-electron chi connectivity index (χ3n) is 2.58. The van der Waals surface area contributed by atoms with Gasteiger partial charge in [-0.1, -0.05) is 6.58 Å². The third-order valence-corrected chi connectivity index (χ3v) is 2.58. The minimum absolute atomic E-state index is 0.324. The number of hydrogen-bond donors (Lipinski definition) is 1. The fraction of sp³-hybridized carbons (Fsp3) is 0.700. The first kappa shape index (κ1) is 13.1. The summed E-state index contributed by atoms with van der Waals surface area (Å²) in [5, 5.41) is 9.62. The van der Waals surface area contributed by atoms with Gasteiger partial charge in [-0.2, -0.15) is 0 Å².